The number of carbonyl (C=O) groups excluding carboxylic acids is 1. The van der Waals surface area contributed by atoms with Crippen LogP contribution in [0.15, 0.2) is 12.1 Å². The number of aliphatic hydroxyl groups excluding tert-OH is 1. The molecule has 1 atom stereocenters. The third-order valence-corrected chi connectivity index (χ3v) is 2.75. The number of hydrogen-bond donors (Lipinski definition) is 1. The third-order valence-electron chi connectivity index (χ3n) is 2.23. The van der Waals surface area contributed by atoms with Crippen LogP contribution in [0, 0.1) is 13.8 Å². The quantitative estimate of drug-likeness (QED) is 0.829. The summed E-state index contributed by atoms with van der Waals surface area (Å²) in [4.78, 5) is 11.4. The zero-order chi connectivity index (χ0) is 12.3. The van der Waals surface area contributed by atoms with Gasteiger partial charge < -0.3 is 9.84 Å². The first-order chi connectivity index (χ1) is 7.47. The van der Waals surface area contributed by atoms with Gasteiger partial charge in [0.05, 0.1) is 6.61 Å². The number of rotatable bonds is 3. The minimum absolute atomic E-state index is 0.234. The fraction of sp³-hybridized carbons (Fsp3) is 0.417. The highest BCUT2D eigenvalue weighted by atomic mass is 35.5. The van der Waals surface area contributed by atoms with Gasteiger partial charge in [-0.3, -0.25) is 0 Å². The maximum atomic E-state index is 11.4. The number of benzene rings is 1. The minimum Gasteiger partial charge on any atom is -0.464 e. The first-order valence-electron chi connectivity index (χ1n) is 5.08. The van der Waals surface area contributed by atoms with Crippen molar-refractivity contribution in [2.45, 2.75) is 26.9 Å². The Hall–Kier alpha value is -1.06. The summed E-state index contributed by atoms with van der Waals surface area (Å²) >= 11 is 6.04. The molecule has 0 aromatic heterocycles. The average molecular weight is 243 g/mol. The Bertz CT molecular complexity index is 401. The summed E-state index contributed by atoms with van der Waals surface area (Å²) in [5.41, 5.74) is 2.18. The second kappa shape index (κ2) is 5.32. The molecule has 0 saturated carbocycles. The van der Waals surface area contributed by atoms with Crippen molar-refractivity contribution in [2.75, 3.05) is 6.61 Å². The van der Waals surface area contributed by atoms with E-state index in [0.29, 0.717) is 10.6 Å². The lowest BCUT2D eigenvalue weighted by atomic mass is 10.0. The molecule has 0 bridgehead atoms. The van der Waals surface area contributed by atoms with Gasteiger partial charge in [0.2, 0.25) is 0 Å². The zero-order valence-corrected chi connectivity index (χ0v) is 10.3. The molecular formula is C12H15ClO3. The van der Waals surface area contributed by atoms with Gasteiger partial charge in [0.1, 0.15) is 0 Å². The monoisotopic (exact) mass is 242 g/mol. The lowest BCUT2D eigenvalue weighted by Gasteiger charge is -2.13. The number of aliphatic hydroxyl groups is 1. The minimum atomic E-state index is -1.31. The number of halogens is 1. The molecule has 1 rings (SSSR count). The van der Waals surface area contributed by atoms with Crippen molar-refractivity contribution < 1.29 is 14.6 Å². The van der Waals surface area contributed by atoms with Crippen LogP contribution in [0.1, 0.15) is 29.7 Å². The topological polar surface area (TPSA) is 46.5 Å². The first-order valence-corrected chi connectivity index (χ1v) is 5.46. The Labute approximate surface area is 100.0 Å². The van der Waals surface area contributed by atoms with E-state index >= 15 is 0 Å². The SMILES string of the molecule is CCOC(=O)C(O)c1cc(C)cc(C)c1Cl. The van der Waals surface area contributed by atoms with Crippen molar-refractivity contribution in [3.8, 4) is 0 Å². The van der Waals surface area contributed by atoms with Gasteiger partial charge in [0.25, 0.3) is 0 Å². The second-order valence-electron chi connectivity index (χ2n) is 3.64. The van der Waals surface area contributed by atoms with Crippen LogP contribution in [0.2, 0.25) is 5.02 Å². The van der Waals surface area contributed by atoms with Crippen LogP contribution in [-0.4, -0.2) is 17.7 Å². The van der Waals surface area contributed by atoms with E-state index in [9.17, 15) is 9.90 Å². The molecule has 0 heterocycles. The molecule has 0 aliphatic carbocycles. The van der Waals surface area contributed by atoms with Gasteiger partial charge in [-0.15, -0.1) is 0 Å². The maximum Gasteiger partial charge on any atom is 0.339 e. The number of esters is 1. The summed E-state index contributed by atoms with van der Waals surface area (Å²) in [7, 11) is 0. The predicted molar refractivity (Wildman–Crippen MR) is 62.5 cm³/mol. The molecule has 1 unspecified atom stereocenters. The van der Waals surface area contributed by atoms with Crippen molar-refractivity contribution in [1.82, 2.24) is 0 Å². The Balaban J connectivity index is 3.08. The van der Waals surface area contributed by atoms with E-state index in [1.807, 2.05) is 19.9 Å². The summed E-state index contributed by atoms with van der Waals surface area (Å²) in [5, 5.41) is 10.2. The van der Waals surface area contributed by atoms with Crippen LogP contribution >= 0.6 is 11.6 Å². The largest absolute Gasteiger partial charge is 0.464 e. The third kappa shape index (κ3) is 2.74. The van der Waals surface area contributed by atoms with Gasteiger partial charge in [-0.2, -0.15) is 0 Å². The molecule has 0 fully saturated rings. The van der Waals surface area contributed by atoms with E-state index in [2.05, 4.69) is 0 Å². The fourth-order valence-corrected chi connectivity index (χ4v) is 1.74. The summed E-state index contributed by atoms with van der Waals surface area (Å²) in [5.74, 6) is -0.672. The second-order valence-corrected chi connectivity index (χ2v) is 4.02. The molecule has 0 aliphatic heterocycles. The van der Waals surface area contributed by atoms with Gasteiger partial charge >= 0.3 is 5.97 Å². The summed E-state index contributed by atoms with van der Waals surface area (Å²) in [6.07, 6.45) is -1.31. The van der Waals surface area contributed by atoms with E-state index in [0.717, 1.165) is 11.1 Å². The van der Waals surface area contributed by atoms with Crippen LogP contribution in [0.5, 0.6) is 0 Å². The number of hydrogen-bond acceptors (Lipinski definition) is 3. The maximum absolute atomic E-state index is 11.4. The molecule has 0 saturated heterocycles. The normalized spacial score (nSPS) is 12.3. The van der Waals surface area contributed by atoms with Gasteiger partial charge in [-0.25, -0.2) is 4.79 Å². The van der Waals surface area contributed by atoms with E-state index in [-0.39, 0.29) is 6.61 Å². The van der Waals surface area contributed by atoms with Crippen LogP contribution in [0.25, 0.3) is 0 Å². The Morgan fingerprint density at radius 1 is 1.50 bits per heavy atom. The van der Waals surface area contributed by atoms with E-state index < -0.39 is 12.1 Å². The van der Waals surface area contributed by atoms with E-state index in [1.54, 1.807) is 13.0 Å². The van der Waals surface area contributed by atoms with Crippen molar-refractivity contribution in [2.24, 2.45) is 0 Å². The molecule has 16 heavy (non-hydrogen) atoms. The first kappa shape index (κ1) is 13.0. The Morgan fingerprint density at radius 3 is 2.69 bits per heavy atom. The molecule has 3 nitrogen and oxygen atoms in total. The highest BCUT2D eigenvalue weighted by molar-refractivity contribution is 6.32. The lowest BCUT2D eigenvalue weighted by molar-refractivity contribution is -0.153. The number of aryl methyl sites for hydroxylation is 2. The standard InChI is InChI=1S/C12H15ClO3/c1-4-16-12(15)11(14)9-6-7(2)5-8(3)10(9)13/h5-6,11,14H,4H2,1-3H3. The zero-order valence-electron chi connectivity index (χ0n) is 9.58. The smallest absolute Gasteiger partial charge is 0.339 e. The fourth-order valence-electron chi connectivity index (χ4n) is 1.53. The van der Waals surface area contributed by atoms with Crippen molar-refractivity contribution in [1.29, 1.82) is 0 Å². The van der Waals surface area contributed by atoms with Crippen LogP contribution in [-0.2, 0) is 9.53 Å². The van der Waals surface area contributed by atoms with Gasteiger partial charge in [-0.05, 0) is 26.3 Å². The van der Waals surface area contributed by atoms with Gasteiger partial charge in [0.15, 0.2) is 6.10 Å². The molecule has 0 amide bonds. The summed E-state index contributed by atoms with van der Waals surface area (Å²) in [6.45, 7) is 5.63. The molecule has 4 heteroatoms. The molecule has 1 aromatic rings. The highest BCUT2D eigenvalue weighted by Gasteiger charge is 2.22. The van der Waals surface area contributed by atoms with Crippen molar-refractivity contribution in [3.05, 3.63) is 33.8 Å². The van der Waals surface area contributed by atoms with Gasteiger partial charge in [-0.1, -0.05) is 29.3 Å². The van der Waals surface area contributed by atoms with Crippen molar-refractivity contribution >= 4 is 17.6 Å². The van der Waals surface area contributed by atoms with E-state index in [4.69, 9.17) is 16.3 Å². The highest BCUT2D eigenvalue weighted by Crippen LogP contribution is 2.28. The molecule has 0 radical (unpaired) electrons. The van der Waals surface area contributed by atoms with Gasteiger partial charge in [0, 0.05) is 10.6 Å². The Morgan fingerprint density at radius 2 is 2.12 bits per heavy atom. The number of ether oxygens (including phenoxy) is 1. The summed E-state index contributed by atoms with van der Waals surface area (Å²) < 4.78 is 4.75. The predicted octanol–water partition coefficient (Wildman–Crippen LogP) is 2.55. The average Bonchev–Trinajstić information content (AvgIpc) is 2.22. The molecule has 0 spiro atoms. The molecular weight excluding hydrogens is 228 g/mol. The molecule has 1 N–H and O–H groups in total. The van der Waals surface area contributed by atoms with Crippen molar-refractivity contribution in [3.63, 3.8) is 0 Å². The van der Waals surface area contributed by atoms with Crippen LogP contribution < -0.4 is 0 Å². The molecule has 1 aromatic carbocycles. The van der Waals surface area contributed by atoms with Crippen LogP contribution in [0.3, 0.4) is 0 Å². The lowest BCUT2D eigenvalue weighted by Crippen LogP contribution is -2.16. The molecule has 88 valence electrons. The summed E-state index contributed by atoms with van der Waals surface area (Å²) in [6, 6.07) is 3.58. The number of carbonyl (C=O) groups is 1. The van der Waals surface area contributed by atoms with Crippen LogP contribution in [0.4, 0.5) is 0 Å². The van der Waals surface area contributed by atoms with E-state index in [1.165, 1.54) is 0 Å². The molecule has 0 aliphatic rings. The Kier molecular flexibility index (Phi) is 4.33.